The molecule has 0 atom stereocenters. The number of hydrogen-bond donors (Lipinski definition) is 3. The molecule has 0 bridgehead atoms. The summed E-state index contributed by atoms with van der Waals surface area (Å²) in [5.41, 5.74) is -1.61. The van der Waals surface area contributed by atoms with E-state index in [0.717, 1.165) is 6.20 Å². The van der Waals surface area contributed by atoms with Gasteiger partial charge < -0.3 is 19.6 Å². The number of aryl methyl sites for hydroxylation is 1. The highest BCUT2D eigenvalue weighted by molar-refractivity contribution is 6.04. The molecule has 134 valence electrons. The highest BCUT2D eigenvalue weighted by Crippen LogP contribution is 2.29. The van der Waals surface area contributed by atoms with Crippen molar-refractivity contribution in [2.45, 2.75) is 13.1 Å². The molecule has 2 rings (SSSR count). The van der Waals surface area contributed by atoms with Crippen molar-refractivity contribution in [1.29, 1.82) is 5.41 Å². The van der Waals surface area contributed by atoms with Gasteiger partial charge in [-0.1, -0.05) is 0 Å². The average Bonchev–Trinajstić information content (AvgIpc) is 2.84. The Morgan fingerprint density at radius 1 is 1.44 bits per heavy atom. The molecule has 6 nitrogen and oxygen atoms in total. The van der Waals surface area contributed by atoms with E-state index in [1.165, 1.54) is 32.2 Å². The van der Waals surface area contributed by atoms with E-state index < -0.39 is 30.0 Å². The third-order valence-corrected chi connectivity index (χ3v) is 3.37. The van der Waals surface area contributed by atoms with Gasteiger partial charge in [-0.25, -0.2) is 4.79 Å². The standard InChI is InChI=1S/C16H15F3N2O4/c1-8-13(15(22)23)11-5-10(3-4-12(11)25-8)24-7-9(6-21-2)14(20)16(17,18)19/h3-6,20-21H,7H2,1-2H3,(H,22,23)/b9-6-,20-14?. The first-order valence-electron chi connectivity index (χ1n) is 7.06. The van der Waals surface area contributed by atoms with E-state index in [-0.39, 0.29) is 22.5 Å². The maximum absolute atomic E-state index is 12.7. The molecule has 0 aliphatic rings. The second-order valence-corrected chi connectivity index (χ2v) is 5.12. The third-order valence-electron chi connectivity index (χ3n) is 3.37. The molecule has 0 saturated carbocycles. The Balaban J connectivity index is 2.28. The summed E-state index contributed by atoms with van der Waals surface area (Å²) in [4.78, 5) is 11.3. The predicted octanol–water partition coefficient (Wildman–Crippen LogP) is 3.50. The Kier molecular flexibility index (Phi) is 5.05. The van der Waals surface area contributed by atoms with Gasteiger partial charge in [0.05, 0.1) is 0 Å². The van der Waals surface area contributed by atoms with Crippen LogP contribution in [0.1, 0.15) is 16.1 Å². The lowest BCUT2D eigenvalue weighted by Gasteiger charge is -2.13. The van der Waals surface area contributed by atoms with Crippen LogP contribution in [0.25, 0.3) is 11.0 Å². The van der Waals surface area contributed by atoms with Crippen molar-refractivity contribution >= 4 is 22.7 Å². The minimum absolute atomic E-state index is 0.0329. The monoisotopic (exact) mass is 356 g/mol. The van der Waals surface area contributed by atoms with Crippen LogP contribution < -0.4 is 10.1 Å². The lowest BCUT2D eigenvalue weighted by atomic mass is 10.1. The maximum atomic E-state index is 12.7. The molecule has 3 N–H and O–H groups in total. The molecule has 0 saturated heterocycles. The summed E-state index contributed by atoms with van der Waals surface area (Å²) in [6, 6.07) is 4.30. The van der Waals surface area contributed by atoms with Crippen molar-refractivity contribution in [2.24, 2.45) is 0 Å². The Bertz CT molecular complexity index is 853. The van der Waals surface area contributed by atoms with E-state index in [1.54, 1.807) is 0 Å². The van der Waals surface area contributed by atoms with Crippen LogP contribution in [0, 0.1) is 12.3 Å². The number of ether oxygens (including phenoxy) is 1. The number of furan rings is 1. The lowest BCUT2D eigenvalue weighted by molar-refractivity contribution is -0.0593. The zero-order valence-electron chi connectivity index (χ0n) is 13.3. The first-order chi connectivity index (χ1) is 11.6. The molecule has 0 spiro atoms. The summed E-state index contributed by atoms with van der Waals surface area (Å²) < 4.78 is 48.7. The van der Waals surface area contributed by atoms with Gasteiger partial charge in [0, 0.05) is 24.2 Å². The zero-order valence-corrected chi connectivity index (χ0v) is 13.3. The van der Waals surface area contributed by atoms with Gasteiger partial charge in [0.1, 0.15) is 35.0 Å². The first-order valence-corrected chi connectivity index (χ1v) is 7.06. The molecule has 0 fully saturated rings. The third kappa shape index (κ3) is 3.93. The van der Waals surface area contributed by atoms with Crippen molar-refractivity contribution in [3.8, 4) is 5.75 Å². The van der Waals surface area contributed by atoms with Crippen LogP contribution in [0.3, 0.4) is 0 Å². The maximum Gasteiger partial charge on any atom is 0.433 e. The fourth-order valence-electron chi connectivity index (χ4n) is 2.26. The molecule has 1 heterocycles. The van der Waals surface area contributed by atoms with Crippen molar-refractivity contribution in [3.05, 3.63) is 41.3 Å². The second kappa shape index (κ2) is 6.88. The molecule has 0 radical (unpaired) electrons. The largest absolute Gasteiger partial charge is 0.489 e. The van der Waals surface area contributed by atoms with Crippen LogP contribution in [0.2, 0.25) is 0 Å². The molecule has 1 aromatic carbocycles. The minimum Gasteiger partial charge on any atom is -0.489 e. The summed E-state index contributed by atoms with van der Waals surface area (Å²) in [7, 11) is 1.41. The van der Waals surface area contributed by atoms with E-state index in [9.17, 15) is 23.1 Å². The Hall–Kier alpha value is -2.97. The summed E-state index contributed by atoms with van der Waals surface area (Å²) >= 11 is 0. The number of carboxylic acid groups (broad SMARTS) is 1. The van der Waals surface area contributed by atoms with Crippen molar-refractivity contribution < 1.29 is 32.2 Å². The van der Waals surface area contributed by atoms with Gasteiger partial charge in [0.2, 0.25) is 0 Å². The highest BCUT2D eigenvalue weighted by atomic mass is 19.4. The van der Waals surface area contributed by atoms with Crippen molar-refractivity contribution in [2.75, 3.05) is 13.7 Å². The lowest BCUT2D eigenvalue weighted by Crippen LogP contribution is -2.27. The quantitative estimate of drug-likeness (QED) is 0.689. The number of rotatable bonds is 6. The number of fused-ring (bicyclic) bond motifs is 1. The second-order valence-electron chi connectivity index (χ2n) is 5.12. The number of carboxylic acids is 1. The van der Waals surface area contributed by atoms with Crippen LogP contribution in [0.5, 0.6) is 5.75 Å². The van der Waals surface area contributed by atoms with Crippen molar-refractivity contribution in [1.82, 2.24) is 5.32 Å². The number of aromatic carboxylic acids is 1. The molecule has 1 aromatic heterocycles. The van der Waals surface area contributed by atoms with Gasteiger partial charge in [0.25, 0.3) is 0 Å². The molecular weight excluding hydrogens is 341 g/mol. The normalized spacial score (nSPS) is 12.3. The summed E-state index contributed by atoms with van der Waals surface area (Å²) in [5, 5.41) is 19.1. The van der Waals surface area contributed by atoms with Gasteiger partial charge in [-0.2, -0.15) is 13.2 Å². The Labute approximate surface area is 140 Å². The van der Waals surface area contributed by atoms with Gasteiger partial charge >= 0.3 is 12.1 Å². The molecule has 0 unspecified atom stereocenters. The van der Waals surface area contributed by atoms with Gasteiger partial charge in [-0.15, -0.1) is 0 Å². The molecular formula is C16H15F3N2O4. The van der Waals surface area contributed by atoms with E-state index in [0.29, 0.717) is 5.58 Å². The SMILES string of the molecule is CN/C=C(/COc1ccc2oc(C)c(C(=O)O)c2c1)C(=N)C(F)(F)F. The molecule has 0 aliphatic heterocycles. The predicted molar refractivity (Wildman–Crippen MR) is 84.3 cm³/mol. The summed E-state index contributed by atoms with van der Waals surface area (Å²) in [6.07, 6.45) is -3.77. The van der Waals surface area contributed by atoms with E-state index >= 15 is 0 Å². The van der Waals surface area contributed by atoms with E-state index in [2.05, 4.69) is 5.32 Å². The highest BCUT2D eigenvalue weighted by Gasteiger charge is 2.36. The Morgan fingerprint density at radius 2 is 2.12 bits per heavy atom. The van der Waals surface area contributed by atoms with Gasteiger partial charge in [-0.05, 0) is 25.1 Å². The number of carbonyl (C=O) groups is 1. The van der Waals surface area contributed by atoms with Gasteiger partial charge in [0.15, 0.2) is 0 Å². The van der Waals surface area contributed by atoms with Crippen LogP contribution in [0.15, 0.2) is 34.4 Å². The van der Waals surface area contributed by atoms with Crippen LogP contribution in [-0.2, 0) is 0 Å². The number of alkyl halides is 3. The summed E-state index contributed by atoms with van der Waals surface area (Å²) in [6.45, 7) is 0.992. The average molecular weight is 356 g/mol. The fraction of sp³-hybridized carbons (Fsp3) is 0.250. The Morgan fingerprint density at radius 3 is 2.68 bits per heavy atom. The smallest absolute Gasteiger partial charge is 0.433 e. The topological polar surface area (TPSA) is 95.6 Å². The molecule has 0 aliphatic carbocycles. The fourth-order valence-corrected chi connectivity index (χ4v) is 2.26. The first kappa shape index (κ1) is 18.4. The van der Waals surface area contributed by atoms with E-state index in [4.69, 9.17) is 14.6 Å². The van der Waals surface area contributed by atoms with Crippen molar-refractivity contribution in [3.63, 3.8) is 0 Å². The number of halogens is 3. The van der Waals surface area contributed by atoms with Crippen LogP contribution >= 0.6 is 0 Å². The van der Waals surface area contributed by atoms with Crippen LogP contribution in [0.4, 0.5) is 13.2 Å². The number of nitrogens with one attached hydrogen (secondary N) is 2. The number of hydrogen-bond acceptors (Lipinski definition) is 5. The summed E-state index contributed by atoms with van der Waals surface area (Å²) in [5.74, 6) is -0.801. The molecule has 0 amide bonds. The number of benzene rings is 1. The molecule has 9 heteroatoms. The van der Waals surface area contributed by atoms with Gasteiger partial charge in [-0.3, -0.25) is 5.41 Å². The zero-order chi connectivity index (χ0) is 18.8. The minimum atomic E-state index is -4.80. The van der Waals surface area contributed by atoms with E-state index in [1.807, 2.05) is 0 Å². The van der Waals surface area contributed by atoms with Crippen LogP contribution in [-0.4, -0.2) is 36.6 Å². The molecule has 2 aromatic rings. The molecule has 25 heavy (non-hydrogen) atoms.